The number of ether oxygens (including phenoxy) is 3. The van der Waals surface area contributed by atoms with Crippen molar-refractivity contribution >= 4 is 5.91 Å². The van der Waals surface area contributed by atoms with Crippen LogP contribution in [-0.4, -0.2) is 82.7 Å². The molecule has 1 aromatic heterocycles. The number of para-hydroxylation sites is 1. The quantitative estimate of drug-likeness (QED) is 0.387. The third-order valence-electron chi connectivity index (χ3n) is 6.57. The van der Waals surface area contributed by atoms with E-state index in [1.807, 2.05) is 72.5 Å². The molecule has 3 aromatic rings. The SMILES string of the molecule is COc1cc(CN2CCN(C(C)=O)C[C@](O)(COc3ccccc3)C2)ccc1OCCCn1cc(C)cn1. The number of aliphatic hydroxyl groups is 1. The molecule has 1 aliphatic rings. The molecule has 1 aliphatic heterocycles. The lowest BCUT2D eigenvalue weighted by molar-refractivity contribution is -0.132. The Bertz CT molecular complexity index is 1180. The van der Waals surface area contributed by atoms with Gasteiger partial charge in [0.2, 0.25) is 5.91 Å². The Morgan fingerprint density at radius 2 is 1.89 bits per heavy atom. The maximum atomic E-state index is 12.2. The number of β-amino-alcohol motifs (C(OH)–C–C–N with tert-alkyl or cyclic N) is 1. The summed E-state index contributed by atoms with van der Waals surface area (Å²) in [5, 5.41) is 15.8. The first kappa shape index (κ1) is 27.5. The zero-order valence-electron chi connectivity index (χ0n) is 22.5. The van der Waals surface area contributed by atoms with E-state index < -0.39 is 5.60 Å². The Morgan fingerprint density at radius 1 is 1.08 bits per heavy atom. The van der Waals surface area contributed by atoms with Crippen LogP contribution in [0.4, 0.5) is 0 Å². The number of nitrogens with zero attached hydrogens (tertiary/aromatic N) is 4. The lowest BCUT2D eigenvalue weighted by Gasteiger charge is -2.32. The fourth-order valence-electron chi connectivity index (χ4n) is 4.66. The van der Waals surface area contributed by atoms with Crippen LogP contribution in [0.1, 0.15) is 24.5 Å². The molecule has 2 heterocycles. The molecule has 0 bridgehead atoms. The zero-order chi connectivity index (χ0) is 27.0. The van der Waals surface area contributed by atoms with Gasteiger partial charge >= 0.3 is 0 Å². The molecule has 204 valence electrons. The van der Waals surface area contributed by atoms with E-state index in [1.54, 1.807) is 12.0 Å². The Labute approximate surface area is 224 Å². The predicted molar refractivity (Wildman–Crippen MR) is 144 cm³/mol. The van der Waals surface area contributed by atoms with Crippen molar-refractivity contribution in [2.24, 2.45) is 0 Å². The number of rotatable bonds is 11. The monoisotopic (exact) mass is 522 g/mol. The van der Waals surface area contributed by atoms with Crippen LogP contribution in [0.3, 0.4) is 0 Å². The number of amides is 1. The van der Waals surface area contributed by atoms with Crippen LogP contribution >= 0.6 is 0 Å². The molecule has 1 saturated heterocycles. The molecule has 38 heavy (non-hydrogen) atoms. The Hall–Kier alpha value is -3.56. The van der Waals surface area contributed by atoms with Crippen LogP contribution in [0.15, 0.2) is 60.9 Å². The number of hydrogen-bond donors (Lipinski definition) is 1. The molecule has 1 N–H and O–H groups in total. The summed E-state index contributed by atoms with van der Waals surface area (Å²) in [7, 11) is 1.63. The minimum Gasteiger partial charge on any atom is -0.493 e. The van der Waals surface area contributed by atoms with Gasteiger partial charge in [-0.2, -0.15) is 5.10 Å². The summed E-state index contributed by atoms with van der Waals surface area (Å²) in [4.78, 5) is 16.1. The molecular weight excluding hydrogens is 484 g/mol. The Morgan fingerprint density at radius 3 is 2.61 bits per heavy atom. The van der Waals surface area contributed by atoms with Crippen LogP contribution in [0, 0.1) is 6.92 Å². The van der Waals surface area contributed by atoms with Crippen molar-refractivity contribution in [2.45, 2.75) is 39.0 Å². The number of hydrogen-bond acceptors (Lipinski definition) is 7. The molecule has 9 heteroatoms. The second-order valence-corrected chi connectivity index (χ2v) is 9.95. The summed E-state index contributed by atoms with van der Waals surface area (Å²) in [6.45, 7) is 7.35. The van der Waals surface area contributed by atoms with E-state index in [0.717, 1.165) is 24.1 Å². The number of benzene rings is 2. The van der Waals surface area contributed by atoms with Crippen molar-refractivity contribution in [1.29, 1.82) is 0 Å². The number of aryl methyl sites for hydroxylation is 2. The van der Waals surface area contributed by atoms with Crippen LogP contribution in [0.5, 0.6) is 17.2 Å². The molecule has 1 atom stereocenters. The third kappa shape index (κ3) is 7.72. The summed E-state index contributed by atoms with van der Waals surface area (Å²) < 4.78 is 19.4. The van der Waals surface area contributed by atoms with Gasteiger partial charge in [0.15, 0.2) is 11.5 Å². The largest absolute Gasteiger partial charge is 0.493 e. The highest BCUT2D eigenvalue weighted by atomic mass is 16.5. The van der Waals surface area contributed by atoms with E-state index in [0.29, 0.717) is 50.0 Å². The molecule has 4 rings (SSSR count). The zero-order valence-corrected chi connectivity index (χ0v) is 22.5. The highest BCUT2D eigenvalue weighted by Crippen LogP contribution is 2.29. The molecule has 0 saturated carbocycles. The normalized spacial score (nSPS) is 18.2. The second-order valence-electron chi connectivity index (χ2n) is 9.95. The maximum Gasteiger partial charge on any atom is 0.219 e. The van der Waals surface area contributed by atoms with Gasteiger partial charge in [-0.3, -0.25) is 14.4 Å². The molecule has 2 aromatic carbocycles. The molecule has 9 nitrogen and oxygen atoms in total. The van der Waals surface area contributed by atoms with Gasteiger partial charge in [-0.25, -0.2) is 0 Å². The molecular formula is C29H38N4O5. The average Bonchev–Trinajstić information content (AvgIpc) is 3.25. The maximum absolute atomic E-state index is 12.2. The van der Waals surface area contributed by atoms with Gasteiger partial charge in [0.05, 0.1) is 26.5 Å². The Kier molecular flexibility index (Phi) is 9.25. The Balaban J connectivity index is 1.38. The highest BCUT2D eigenvalue weighted by molar-refractivity contribution is 5.73. The van der Waals surface area contributed by atoms with E-state index in [2.05, 4.69) is 10.00 Å². The number of carbonyl (C=O) groups excluding carboxylic acids is 1. The van der Waals surface area contributed by atoms with E-state index >= 15 is 0 Å². The van der Waals surface area contributed by atoms with Crippen LogP contribution < -0.4 is 14.2 Å². The molecule has 1 fully saturated rings. The van der Waals surface area contributed by atoms with Crippen molar-refractivity contribution in [2.75, 3.05) is 46.5 Å². The minimum atomic E-state index is -1.21. The van der Waals surface area contributed by atoms with Gasteiger partial charge in [0.25, 0.3) is 0 Å². The van der Waals surface area contributed by atoms with E-state index in [4.69, 9.17) is 14.2 Å². The van der Waals surface area contributed by atoms with E-state index in [9.17, 15) is 9.90 Å². The summed E-state index contributed by atoms with van der Waals surface area (Å²) in [5.74, 6) is 1.99. The van der Waals surface area contributed by atoms with Crippen LogP contribution in [-0.2, 0) is 17.9 Å². The summed E-state index contributed by atoms with van der Waals surface area (Å²) in [5.41, 5.74) is 0.964. The first-order chi connectivity index (χ1) is 18.3. The fraction of sp³-hybridized carbons (Fsp3) is 0.448. The van der Waals surface area contributed by atoms with Gasteiger partial charge in [0.1, 0.15) is 18.0 Å². The average molecular weight is 523 g/mol. The van der Waals surface area contributed by atoms with Gasteiger partial charge in [-0.15, -0.1) is 0 Å². The van der Waals surface area contributed by atoms with Gasteiger partial charge < -0.3 is 24.2 Å². The van der Waals surface area contributed by atoms with Crippen LogP contribution in [0.2, 0.25) is 0 Å². The molecule has 1 amide bonds. The van der Waals surface area contributed by atoms with Crippen molar-refractivity contribution in [1.82, 2.24) is 19.6 Å². The second kappa shape index (κ2) is 12.8. The molecule has 0 radical (unpaired) electrons. The van der Waals surface area contributed by atoms with E-state index in [1.165, 1.54) is 6.92 Å². The number of methoxy groups -OCH3 is 1. The van der Waals surface area contributed by atoms with Gasteiger partial charge in [-0.1, -0.05) is 24.3 Å². The number of carbonyl (C=O) groups is 1. The van der Waals surface area contributed by atoms with E-state index in [-0.39, 0.29) is 19.1 Å². The van der Waals surface area contributed by atoms with Gasteiger partial charge in [-0.05, 0) is 42.3 Å². The van der Waals surface area contributed by atoms with Crippen molar-refractivity contribution < 1.29 is 24.1 Å². The van der Waals surface area contributed by atoms with Crippen molar-refractivity contribution in [3.63, 3.8) is 0 Å². The van der Waals surface area contributed by atoms with Crippen molar-refractivity contribution in [3.05, 3.63) is 72.1 Å². The standard InChI is InChI=1S/C29H38N4O5/c1-23-17-30-33(18-23)12-7-15-37-27-11-10-25(16-28(27)36-3)19-31-13-14-32(24(2)34)21-29(35,20-31)22-38-26-8-5-4-6-9-26/h4-6,8-11,16-18,35H,7,12-15,19-22H2,1-3H3/t29-/m0/s1. The third-order valence-corrected chi connectivity index (χ3v) is 6.57. The summed E-state index contributed by atoms with van der Waals surface area (Å²) in [6.07, 6.45) is 4.69. The minimum absolute atomic E-state index is 0.0594. The smallest absolute Gasteiger partial charge is 0.219 e. The first-order valence-corrected chi connectivity index (χ1v) is 13.0. The number of aromatic nitrogens is 2. The molecule has 0 unspecified atom stereocenters. The summed E-state index contributed by atoms with van der Waals surface area (Å²) in [6, 6.07) is 15.3. The topological polar surface area (TPSA) is 89.3 Å². The highest BCUT2D eigenvalue weighted by Gasteiger charge is 2.37. The molecule has 0 spiro atoms. The van der Waals surface area contributed by atoms with Crippen molar-refractivity contribution in [3.8, 4) is 17.2 Å². The van der Waals surface area contributed by atoms with Gasteiger partial charge in [0, 0.05) is 52.3 Å². The predicted octanol–water partition coefficient (Wildman–Crippen LogP) is 3.14. The lowest BCUT2D eigenvalue weighted by atomic mass is 10.0. The summed E-state index contributed by atoms with van der Waals surface area (Å²) >= 11 is 0. The molecule has 0 aliphatic carbocycles. The van der Waals surface area contributed by atoms with Crippen LogP contribution in [0.25, 0.3) is 0 Å². The first-order valence-electron chi connectivity index (χ1n) is 13.0. The lowest BCUT2D eigenvalue weighted by Crippen LogP contribution is -2.51. The fourth-order valence-corrected chi connectivity index (χ4v) is 4.66.